The van der Waals surface area contributed by atoms with Crippen molar-refractivity contribution < 1.29 is 14.3 Å². The minimum absolute atomic E-state index is 0.203. The van der Waals surface area contributed by atoms with Crippen molar-refractivity contribution in [3.8, 4) is 6.07 Å². The summed E-state index contributed by atoms with van der Waals surface area (Å²) in [6.45, 7) is 0.811. The first-order valence-electron chi connectivity index (χ1n) is 7.91. The zero-order valence-electron chi connectivity index (χ0n) is 13.2. The maximum atomic E-state index is 12.1. The Morgan fingerprint density at radius 1 is 1.44 bits per heavy atom. The van der Waals surface area contributed by atoms with E-state index >= 15 is 0 Å². The molecule has 0 radical (unpaired) electrons. The number of benzene rings is 1. The van der Waals surface area contributed by atoms with E-state index < -0.39 is 6.09 Å². The van der Waals surface area contributed by atoms with E-state index in [0.29, 0.717) is 36.8 Å². The lowest BCUT2D eigenvalue weighted by Crippen LogP contribution is -2.23. The van der Waals surface area contributed by atoms with Gasteiger partial charge < -0.3 is 15.8 Å². The molecule has 3 N–H and O–H groups in total. The molecule has 1 aromatic carbocycles. The summed E-state index contributed by atoms with van der Waals surface area (Å²) in [7, 11) is 0. The summed E-state index contributed by atoms with van der Waals surface area (Å²) in [6.07, 6.45) is 1.77. The van der Waals surface area contributed by atoms with Gasteiger partial charge in [-0.25, -0.2) is 9.78 Å². The van der Waals surface area contributed by atoms with Crippen molar-refractivity contribution in [2.45, 2.75) is 6.42 Å². The molecule has 8 nitrogen and oxygen atoms in total. The monoisotopic (exact) mass is 337 g/mol. The van der Waals surface area contributed by atoms with Gasteiger partial charge in [-0.3, -0.25) is 9.69 Å². The van der Waals surface area contributed by atoms with Crippen molar-refractivity contribution in [1.82, 2.24) is 4.98 Å². The molecule has 0 spiro atoms. The van der Waals surface area contributed by atoms with Gasteiger partial charge in [-0.15, -0.1) is 0 Å². The molecule has 0 unspecified atom stereocenters. The standard InChI is InChI=1S/C17H15N5O3/c18-7-10-4-12(10)16(23)21-15-5-9-3-11(22-1-2-25-17(22)24)6-14(19)13(9)8-20-15/h3,5-6,8,10,12H,1-2,4,19H2,(H,20,21,23)/t10-,12+/m1/s1. The highest BCUT2D eigenvalue weighted by atomic mass is 16.6. The van der Waals surface area contributed by atoms with Gasteiger partial charge in [-0.2, -0.15) is 5.26 Å². The number of ether oxygens (including phenoxy) is 1. The van der Waals surface area contributed by atoms with Crippen LogP contribution in [0, 0.1) is 23.2 Å². The Morgan fingerprint density at radius 3 is 2.96 bits per heavy atom. The molecule has 126 valence electrons. The molecule has 1 aromatic heterocycles. The largest absolute Gasteiger partial charge is 0.447 e. The molecule has 2 amide bonds. The molecular formula is C17H15N5O3. The number of carbonyl (C=O) groups excluding carboxylic acids is 2. The van der Waals surface area contributed by atoms with Crippen LogP contribution in [-0.2, 0) is 9.53 Å². The second-order valence-corrected chi connectivity index (χ2v) is 6.16. The third kappa shape index (κ3) is 2.70. The predicted octanol–water partition coefficient (Wildman–Crippen LogP) is 1.87. The van der Waals surface area contributed by atoms with Crippen molar-refractivity contribution in [2.75, 3.05) is 29.1 Å². The number of nitrogens with one attached hydrogen (secondary N) is 1. The second kappa shape index (κ2) is 5.63. The van der Waals surface area contributed by atoms with E-state index in [2.05, 4.69) is 16.4 Å². The number of aromatic nitrogens is 1. The van der Waals surface area contributed by atoms with Gasteiger partial charge in [0.15, 0.2) is 0 Å². The zero-order valence-corrected chi connectivity index (χ0v) is 13.2. The Morgan fingerprint density at radius 2 is 2.28 bits per heavy atom. The van der Waals surface area contributed by atoms with Crippen LogP contribution in [-0.4, -0.2) is 30.1 Å². The predicted molar refractivity (Wildman–Crippen MR) is 90.7 cm³/mol. The molecule has 2 atom stereocenters. The Balaban J connectivity index is 1.64. The number of amides is 2. The lowest BCUT2D eigenvalue weighted by molar-refractivity contribution is -0.117. The quantitative estimate of drug-likeness (QED) is 0.825. The zero-order chi connectivity index (χ0) is 17.6. The fraction of sp³-hybridized carbons (Fsp3) is 0.294. The summed E-state index contributed by atoms with van der Waals surface area (Å²) in [5.41, 5.74) is 7.21. The summed E-state index contributed by atoms with van der Waals surface area (Å²) >= 11 is 0. The van der Waals surface area contributed by atoms with Crippen LogP contribution >= 0.6 is 0 Å². The third-order valence-corrected chi connectivity index (χ3v) is 4.47. The third-order valence-electron chi connectivity index (χ3n) is 4.47. The van der Waals surface area contributed by atoms with Crippen LogP contribution in [0.1, 0.15) is 6.42 Å². The van der Waals surface area contributed by atoms with Gasteiger partial charge in [-0.1, -0.05) is 0 Å². The van der Waals surface area contributed by atoms with Crippen molar-refractivity contribution in [3.05, 3.63) is 24.4 Å². The SMILES string of the molecule is N#C[C@H]1C[C@@H]1C(=O)Nc1cc2cc(N3CCOC3=O)cc(N)c2cn1. The Hall–Kier alpha value is -3.34. The topological polar surface area (TPSA) is 121 Å². The first-order chi connectivity index (χ1) is 12.1. The molecule has 4 rings (SSSR count). The molecule has 1 aliphatic carbocycles. The number of hydrogen-bond donors (Lipinski definition) is 2. The van der Waals surface area contributed by atoms with E-state index in [9.17, 15) is 9.59 Å². The molecule has 1 aliphatic heterocycles. The van der Waals surface area contributed by atoms with E-state index in [4.69, 9.17) is 15.7 Å². The van der Waals surface area contributed by atoms with Crippen molar-refractivity contribution >= 4 is 40.0 Å². The van der Waals surface area contributed by atoms with Gasteiger partial charge in [0.05, 0.1) is 24.4 Å². The average Bonchev–Trinajstić information content (AvgIpc) is 3.27. The molecule has 1 saturated carbocycles. The number of anilines is 3. The number of pyridine rings is 1. The van der Waals surface area contributed by atoms with Gasteiger partial charge in [-0.05, 0) is 30.0 Å². The van der Waals surface area contributed by atoms with E-state index in [1.54, 1.807) is 18.3 Å². The van der Waals surface area contributed by atoms with E-state index in [1.807, 2.05) is 6.07 Å². The number of nitriles is 1. The normalized spacial score (nSPS) is 21.7. The van der Waals surface area contributed by atoms with Crippen LogP contribution in [0.25, 0.3) is 10.8 Å². The van der Waals surface area contributed by atoms with Gasteiger partial charge in [0.2, 0.25) is 5.91 Å². The molecule has 1 saturated heterocycles. The number of cyclic esters (lactones) is 1. The van der Waals surface area contributed by atoms with Crippen LogP contribution in [0.15, 0.2) is 24.4 Å². The number of rotatable bonds is 3. The number of nitrogens with zero attached hydrogens (tertiary/aromatic N) is 3. The highest BCUT2D eigenvalue weighted by Crippen LogP contribution is 2.38. The average molecular weight is 337 g/mol. The minimum atomic E-state index is -0.405. The summed E-state index contributed by atoms with van der Waals surface area (Å²) in [6, 6.07) is 7.31. The van der Waals surface area contributed by atoms with Gasteiger partial charge in [0.25, 0.3) is 0 Å². The number of hydrogen-bond acceptors (Lipinski definition) is 6. The van der Waals surface area contributed by atoms with Crippen molar-refractivity contribution in [1.29, 1.82) is 5.26 Å². The Bertz CT molecular complexity index is 936. The summed E-state index contributed by atoms with van der Waals surface area (Å²) in [4.78, 5) is 29.5. The summed E-state index contributed by atoms with van der Waals surface area (Å²) < 4.78 is 4.95. The second-order valence-electron chi connectivity index (χ2n) is 6.16. The fourth-order valence-corrected chi connectivity index (χ4v) is 2.97. The maximum absolute atomic E-state index is 12.1. The molecule has 8 heteroatoms. The van der Waals surface area contributed by atoms with Crippen LogP contribution in [0.5, 0.6) is 0 Å². The molecule has 2 aliphatic rings. The van der Waals surface area contributed by atoms with Gasteiger partial charge in [0, 0.05) is 23.0 Å². The van der Waals surface area contributed by atoms with Gasteiger partial charge in [0.1, 0.15) is 12.4 Å². The minimum Gasteiger partial charge on any atom is -0.447 e. The molecule has 25 heavy (non-hydrogen) atoms. The van der Waals surface area contributed by atoms with Crippen LogP contribution < -0.4 is 16.0 Å². The number of nitrogen functional groups attached to an aromatic ring is 1. The highest BCUT2D eigenvalue weighted by Gasteiger charge is 2.43. The lowest BCUT2D eigenvalue weighted by atomic mass is 10.1. The van der Waals surface area contributed by atoms with Crippen LogP contribution in [0.4, 0.5) is 22.0 Å². The molecule has 2 heterocycles. The first kappa shape index (κ1) is 15.2. The Labute approximate surface area is 143 Å². The van der Waals surface area contributed by atoms with Crippen LogP contribution in [0.2, 0.25) is 0 Å². The van der Waals surface area contributed by atoms with Crippen molar-refractivity contribution in [2.24, 2.45) is 11.8 Å². The molecular weight excluding hydrogens is 322 g/mol. The number of nitrogens with two attached hydrogens (primary N) is 1. The number of carbonyl (C=O) groups is 2. The maximum Gasteiger partial charge on any atom is 0.414 e. The summed E-state index contributed by atoms with van der Waals surface area (Å²) in [5, 5.41) is 13.0. The number of fused-ring (bicyclic) bond motifs is 1. The smallest absolute Gasteiger partial charge is 0.414 e. The fourth-order valence-electron chi connectivity index (χ4n) is 2.97. The first-order valence-corrected chi connectivity index (χ1v) is 7.91. The van der Waals surface area contributed by atoms with Crippen LogP contribution in [0.3, 0.4) is 0 Å². The molecule has 2 fully saturated rings. The van der Waals surface area contributed by atoms with E-state index in [0.717, 1.165) is 10.8 Å². The van der Waals surface area contributed by atoms with Gasteiger partial charge >= 0.3 is 6.09 Å². The van der Waals surface area contributed by atoms with E-state index in [-0.39, 0.29) is 17.7 Å². The highest BCUT2D eigenvalue weighted by molar-refractivity contribution is 6.01. The molecule has 2 aromatic rings. The molecule has 0 bridgehead atoms. The van der Waals surface area contributed by atoms with E-state index in [1.165, 1.54) is 4.90 Å². The Kier molecular flexibility index (Phi) is 3.42. The summed E-state index contributed by atoms with van der Waals surface area (Å²) in [5.74, 6) is -0.283. The lowest BCUT2D eigenvalue weighted by Gasteiger charge is -2.15. The van der Waals surface area contributed by atoms with Crippen molar-refractivity contribution in [3.63, 3.8) is 0 Å².